The summed E-state index contributed by atoms with van der Waals surface area (Å²) in [5, 5.41) is 0. The van der Waals surface area contributed by atoms with Crippen molar-refractivity contribution in [1.82, 2.24) is 0 Å². The highest BCUT2D eigenvalue weighted by molar-refractivity contribution is 9.10. The lowest BCUT2D eigenvalue weighted by atomic mass is 10.2. The highest BCUT2D eigenvalue weighted by atomic mass is 79.9. The van der Waals surface area contributed by atoms with Crippen molar-refractivity contribution < 1.29 is 9.13 Å². The largest absolute Gasteiger partial charge is 0.453 e. The fourth-order valence-electron chi connectivity index (χ4n) is 1.56. The molecule has 18 heavy (non-hydrogen) atoms. The molecule has 2 aromatic carbocycles. The second-order valence-electron chi connectivity index (χ2n) is 4.00. The molecule has 0 saturated heterocycles. The van der Waals surface area contributed by atoms with Gasteiger partial charge in [-0.3, -0.25) is 0 Å². The molecule has 0 radical (unpaired) electrons. The number of hydrogen-bond donors (Lipinski definition) is 1. The van der Waals surface area contributed by atoms with Gasteiger partial charge >= 0.3 is 0 Å². The fraction of sp³-hybridized carbons (Fsp3) is 0.143. The summed E-state index contributed by atoms with van der Waals surface area (Å²) >= 11 is 3.39. The third kappa shape index (κ3) is 2.89. The SMILES string of the molecule is Cc1ccc(Oc2ccc(CN)cc2F)c(Br)c1. The van der Waals surface area contributed by atoms with E-state index >= 15 is 0 Å². The maximum Gasteiger partial charge on any atom is 0.166 e. The molecule has 2 rings (SSSR count). The van der Waals surface area contributed by atoms with Crippen molar-refractivity contribution in [3.8, 4) is 11.5 Å². The standard InChI is InChI=1S/C14H13BrFNO/c1-9-2-4-13(11(15)6-9)18-14-5-3-10(8-17)7-12(14)16/h2-7H,8,17H2,1H3. The molecule has 0 heterocycles. The van der Waals surface area contributed by atoms with Gasteiger partial charge in [-0.05, 0) is 58.2 Å². The summed E-state index contributed by atoms with van der Waals surface area (Å²) in [7, 11) is 0. The van der Waals surface area contributed by atoms with Gasteiger partial charge in [-0.25, -0.2) is 4.39 Å². The number of ether oxygens (including phenoxy) is 1. The van der Waals surface area contributed by atoms with Crippen LogP contribution in [0.4, 0.5) is 4.39 Å². The molecule has 0 spiro atoms. The zero-order valence-electron chi connectivity index (χ0n) is 9.91. The van der Waals surface area contributed by atoms with Gasteiger partial charge in [-0.15, -0.1) is 0 Å². The minimum atomic E-state index is -0.412. The van der Waals surface area contributed by atoms with Crippen LogP contribution in [0.1, 0.15) is 11.1 Å². The normalized spacial score (nSPS) is 10.4. The minimum Gasteiger partial charge on any atom is -0.453 e. The molecule has 0 atom stereocenters. The Morgan fingerprint density at radius 1 is 1.17 bits per heavy atom. The van der Waals surface area contributed by atoms with Gasteiger partial charge in [0.15, 0.2) is 11.6 Å². The van der Waals surface area contributed by atoms with E-state index in [1.807, 2.05) is 19.1 Å². The first-order valence-electron chi connectivity index (χ1n) is 5.52. The van der Waals surface area contributed by atoms with Crippen LogP contribution in [-0.2, 0) is 6.54 Å². The van der Waals surface area contributed by atoms with Gasteiger partial charge in [0.2, 0.25) is 0 Å². The molecule has 0 saturated carbocycles. The topological polar surface area (TPSA) is 35.2 Å². The summed E-state index contributed by atoms with van der Waals surface area (Å²) in [6, 6.07) is 10.4. The van der Waals surface area contributed by atoms with Crippen LogP contribution < -0.4 is 10.5 Å². The van der Waals surface area contributed by atoms with Crippen LogP contribution >= 0.6 is 15.9 Å². The lowest BCUT2D eigenvalue weighted by Gasteiger charge is -2.10. The summed E-state index contributed by atoms with van der Waals surface area (Å²) < 4.78 is 20.1. The molecular formula is C14H13BrFNO. The maximum absolute atomic E-state index is 13.7. The highest BCUT2D eigenvalue weighted by Crippen LogP contribution is 2.31. The van der Waals surface area contributed by atoms with Crippen LogP contribution in [-0.4, -0.2) is 0 Å². The zero-order chi connectivity index (χ0) is 13.1. The van der Waals surface area contributed by atoms with E-state index in [9.17, 15) is 4.39 Å². The van der Waals surface area contributed by atoms with Gasteiger partial charge in [0.1, 0.15) is 5.75 Å². The number of rotatable bonds is 3. The van der Waals surface area contributed by atoms with E-state index in [0.29, 0.717) is 12.3 Å². The molecule has 0 bridgehead atoms. The number of aryl methyl sites for hydroxylation is 1. The lowest BCUT2D eigenvalue weighted by Crippen LogP contribution is -1.97. The molecular weight excluding hydrogens is 297 g/mol. The van der Waals surface area contributed by atoms with Gasteiger partial charge in [0, 0.05) is 6.54 Å². The smallest absolute Gasteiger partial charge is 0.166 e. The van der Waals surface area contributed by atoms with Gasteiger partial charge in [-0.2, -0.15) is 0 Å². The summed E-state index contributed by atoms with van der Waals surface area (Å²) in [4.78, 5) is 0. The Labute approximate surface area is 114 Å². The van der Waals surface area contributed by atoms with E-state index < -0.39 is 5.82 Å². The first-order chi connectivity index (χ1) is 8.60. The molecule has 0 aliphatic heterocycles. The predicted octanol–water partition coefficient (Wildman–Crippen LogP) is 4.15. The quantitative estimate of drug-likeness (QED) is 0.924. The van der Waals surface area contributed by atoms with Gasteiger partial charge < -0.3 is 10.5 Å². The van der Waals surface area contributed by atoms with Crippen LogP contribution in [0, 0.1) is 12.7 Å². The predicted molar refractivity (Wildman–Crippen MR) is 73.2 cm³/mol. The molecule has 94 valence electrons. The Hall–Kier alpha value is -1.39. The van der Waals surface area contributed by atoms with E-state index in [-0.39, 0.29) is 5.75 Å². The monoisotopic (exact) mass is 309 g/mol. The number of hydrogen-bond acceptors (Lipinski definition) is 2. The molecule has 2 N–H and O–H groups in total. The molecule has 2 nitrogen and oxygen atoms in total. The van der Waals surface area contributed by atoms with E-state index in [1.165, 1.54) is 6.07 Å². The van der Waals surface area contributed by atoms with Crippen LogP contribution in [0.15, 0.2) is 40.9 Å². The van der Waals surface area contributed by atoms with Crippen molar-refractivity contribution in [2.75, 3.05) is 0 Å². The van der Waals surface area contributed by atoms with Crippen molar-refractivity contribution >= 4 is 15.9 Å². The third-order valence-corrected chi connectivity index (χ3v) is 3.16. The van der Waals surface area contributed by atoms with Crippen LogP contribution in [0.2, 0.25) is 0 Å². The first-order valence-corrected chi connectivity index (χ1v) is 6.32. The van der Waals surface area contributed by atoms with Crippen LogP contribution in [0.5, 0.6) is 11.5 Å². The van der Waals surface area contributed by atoms with Crippen LogP contribution in [0.3, 0.4) is 0 Å². The fourth-order valence-corrected chi connectivity index (χ4v) is 2.14. The van der Waals surface area contributed by atoms with Crippen LogP contribution in [0.25, 0.3) is 0 Å². The Morgan fingerprint density at radius 3 is 2.50 bits per heavy atom. The molecule has 0 fully saturated rings. The average Bonchev–Trinajstić information content (AvgIpc) is 2.34. The average molecular weight is 310 g/mol. The molecule has 4 heteroatoms. The van der Waals surface area contributed by atoms with Crippen molar-refractivity contribution in [3.63, 3.8) is 0 Å². The van der Waals surface area contributed by atoms with E-state index in [1.54, 1.807) is 18.2 Å². The zero-order valence-corrected chi connectivity index (χ0v) is 11.5. The molecule has 2 aromatic rings. The van der Waals surface area contributed by atoms with E-state index in [0.717, 1.165) is 15.6 Å². The summed E-state index contributed by atoms with van der Waals surface area (Å²) in [5.41, 5.74) is 7.29. The molecule has 0 amide bonds. The Bertz CT molecular complexity index is 572. The van der Waals surface area contributed by atoms with Gasteiger partial charge in [0.05, 0.1) is 4.47 Å². The lowest BCUT2D eigenvalue weighted by molar-refractivity contribution is 0.439. The second kappa shape index (κ2) is 5.50. The van der Waals surface area contributed by atoms with E-state index in [4.69, 9.17) is 10.5 Å². The van der Waals surface area contributed by atoms with Gasteiger partial charge in [-0.1, -0.05) is 12.1 Å². The maximum atomic E-state index is 13.7. The third-order valence-electron chi connectivity index (χ3n) is 2.54. The number of benzene rings is 2. The van der Waals surface area contributed by atoms with Crippen molar-refractivity contribution in [2.24, 2.45) is 5.73 Å². The molecule has 0 unspecified atom stereocenters. The summed E-state index contributed by atoms with van der Waals surface area (Å²) in [6.07, 6.45) is 0. The minimum absolute atomic E-state index is 0.191. The summed E-state index contributed by atoms with van der Waals surface area (Å²) in [6.45, 7) is 2.29. The number of halogens is 2. The van der Waals surface area contributed by atoms with Crippen molar-refractivity contribution in [3.05, 3.63) is 57.8 Å². The van der Waals surface area contributed by atoms with E-state index in [2.05, 4.69) is 15.9 Å². The Balaban J connectivity index is 2.28. The molecule has 0 aliphatic rings. The summed E-state index contributed by atoms with van der Waals surface area (Å²) in [5.74, 6) is 0.363. The Morgan fingerprint density at radius 2 is 1.89 bits per heavy atom. The number of nitrogens with two attached hydrogens (primary N) is 1. The highest BCUT2D eigenvalue weighted by Gasteiger charge is 2.08. The van der Waals surface area contributed by atoms with Crippen molar-refractivity contribution in [2.45, 2.75) is 13.5 Å². The second-order valence-corrected chi connectivity index (χ2v) is 4.86. The molecule has 0 aromatic heterocycles. The van der Waals surface area contributed by atoms with Crippen molar-refractivity contribution in [1.29, 1.82) is 0 Å². The first kappa shape index (κ1) is 13.1. The molecule has 0 aliphatic carbocycles. The Kier molecular flexibility index (Phi) is 3.99. The van der Waals surface area contributed by atoms with Gasteiger partial charge in [0.25, 0.3) is 0 Å².